The van der Waals surface area contributed by atoms with Crippen molar-refractivity contribution in [3.63, 3.8) is 0 Å². The van der Waals surface area contributed by atoms with Crippen molar-refractivity contribution in [2.75, 3.05) is 32.8 Å². The number of para-hydroxylation sites is 1. The molecule has 1 aliphatic carbocycles. The number of morpholine rings is 1. The van der Waals surface area contributed by atoms with Crippen LogP contribution in [0.15, 0.2) is 54.9 Å². The minimum absolute atomic E-state index is 0.0344. The molecule has 0 bridgehead atoms. The fourth-order valence-electron chi connectivity index (χ4n) is 5.22. The number of pyridine rings is 2. The highest BCUT2D eigenvalue weighted by Crippen LogP contribution is 2.34. The smallest absolute Gasteiger partial charge is 0.252 e. The van der Waals surface area contributed by atoms with Crippen molar-refractivity contribution < 1.29 is 9.53 Å². The molecule has 1 aliphatic heterocycles. The Balaban J connectivity index is 1.44. The standard InChI is InChI=1S/C26H30N4O2/c31-25(28-19-26(10-4-1-5-11-26)30-13-15-32-16-14-30)22-17-24(20-7-6-12-27-18-20)29-23-9-3-2-8-21(22)23/h2-3,6-9,12,17-18H,1,4-5,10-11,13-16,19H2,(H,28,31). The number of nitrogens with zero attached hydrogens (tertiary/aromatic N) is 3. The van der Waals surface area contributed by atoms with Crippen LogP contribution in [0.1, 0.15) is 42.5 Å². The summed E-state index contributed by atoms with van der Waals surface area (Å²) >= 11 is 0. The molecule has 0 spiro atoms. The topological polar surface area (TPSA) is 67.4 Å². The Kier molecular flexibility index (Phi) is 6.14. The number of hydrogen-bond donors (Lipinski definition) is 1. The van der Waals surface area contributed by atoms with Crippen LogP contribution in [0, 0.1) is 0 Å². The Labute approximate surface area is 189 Å². The van der Waals surface area contributed by atoms with Crippen LogP contribution in [0.5, 0.6) is 0 Å². The predicted octanol–water partition coefficient (Wildman–Crippen LogP) is 4.06. The molecule has 1 amide bonds. The molecule has 3 aromatic rings. The second kappa shape index (κ2) is 9.35. The molecule has 0 radical (unpaired) electrons. The maximum absolute atomic E-state index is 13.5. The van der Waals surface area contributed by atoms with Gasteiger partial charge in [0.1, 0.15) is 0 Å². The zero-order valence-corrected chi connectivity index (χ0v) is 18.4. The minimum atomic E-state index is -0.0352. The van der Waals surface area contributed by atoms with Crippen LogP contribution in [-0.2, 0) is 4.74 Å². The van der Waals surface area contributed by atoms with Crippen molar-refractivity contribution in [1.29, 1.82) is 0 Å². The molecule has 6 heteroatoms. The summed E-state index contributed by atoms with van der Waals surface area (Å²) in [4.78, 5) is 25.1. The van der Waals surface area contributed by atoms with E-state index in [-0.39, 0.29) is 11.4 Å². The highest BCUT2D eigenvalue weighted by atomic mass is 16.5. The van der Waals surface area contributed by atoms with Gasteiger partial charge < -0.3 is 10.1 Å². The maximum Gasteiger partial charge on any atom is 0.252 e. The van der Waals surface area contributed by atoms with Crippen molar-refractivity contribution in [3.05, 3.63) is 60.4 Å². The Morgan fingerprint density at radius 2 is 1.88 bits per heavy atom. The summed E-state index contributed by atoms with van der Waals surface area (Å²) in [5.74, 6) is -0.0352. The Morgan fingerprint density at radius 3 is 2.66 bits per heavy atom. The van der Waals surface area contributed by atoms with Crippen LogP contribution in [0.2, 0.25) is 0 Å². The van der Waals surface area contributed by atoms with Crippen LogP contribution in [-0.4, -0.2) is 59.2 Å². The molecule has 5 rings (SSSR count). The third kappa shape index (κ3) is 4.25. The summed E-state index contributed by atoms with van der Waals surface area (Å²) < 4.78 is 5.59. The lowest BCUT2D eigenvalue weighted by molar-refractivity contribution is -0.0361. The van der Waals surface area contributed by atoms with Gasteiger partial charge in [-0.15, -0.1) is 0 Å². The Morgan fingerprint density at radius 1 is 1.06 bits per heavy atom. The summed E-state index contributed by atoms with van der Waals surface area (Å²) in [6.07, 6.45) is 9.51. The van der Waals surface area contributed by atoms with E-state index in [9.17, 15) is 4.79 Å². The number of amides is 1. The number of ether oxygens (including phenoxy) is 1. The fourth-order valence-corrected chi connectivity index (χ4v) is 5.22. The zero-order chi connectivity index (χ0) is 21.8. The minimum Gasteiger partial charge on any atom is -0.379 e. The van der Waals surface area contributed by atoms with Crippen LogP contribution in [0.4, 0.5) is 0 Å². The molecule has 0 atom stereocenters. The van der Waals surface area contributed by atoms with E-state index in [0.717, 1.165) is 61.3 Å². The molecule has 2 aromatic heterocycles. The molecule has 6 nitrogen and oxygen atoms in total. The van der Waals surface area contributed by atoms with Gasteiger partial charge in [0, 0.05) is 48.5 Å². The molecule has 2 fully saturated rings. The Hall–Kier alpha value is -2.83. The van der Waals surface area contributed by atoms with Gasteiger partial charge in [-0.3, -0.25) is 14.7 Å². The summed E-state index contributed by atoms with van der Waals surface area (Å²) in [5.41, 5.74) is 3.20. The number of carbonyl (C=O) groups excluding carboxylic acids is 1. The molecule has 166 valence electrons. The molecule has 1 saturated carbocycles. The quantitative estimate of drug-likeness (QED) is 0.661. The molecule has 3 heterocycles. The van der Waals surface area contributed by atoms with Crippen LogP contribution in [0.25, 0.3) is 22.2 Å². The van der Waals surface area contributed by atoms with Crippen molar-refractivity contribution in [3.8, 4) is 11.3 Å². The largest absolute Gasteiger partial charge is 0.379 e. The van der Waals surface area contributed by atoms with Gasteiger partial charge in [0.15, 0.2) is 0 Å². The first kappa shape index (κ1) is 21.0. The average Bonchev–Trinajstić information content (AvgIpc) is 2.88. The van der Waals surface area contributed by atoms with Gasteiger partial charge in [-0.2, -0.15) is 0 Å². The molecule has 32 heavy (non-hydrogen) atoms. The van der Waals surface area contributed by atoms with Crippen LogP contribution in [0.3, 0.4) is 0 Å². The number of rotatable bonds is 5. The van der Waals surface area contributed by atoms with Gasteiger partial charge in [0.2, 0.25) is 0 Å². The molecule has 1 aromatic carbocycles. The molecule has 2 aliphatic rings. The lowest BCUT2D eigenvalue weighted by atomic mass is 9.79. The van der Waals surface area contributed by atoms with Gasteiger partial charge >= 0.3 is 0 Å². The van der Waals surface area contributed by atoms with Gasteiger partial charge in [-0.05, 0) is 37.1 Å². The van der Waals surface area contributed by atoms with E-state index >= 15 is 0 Å². The number of fused-ring (bicyclic) bond motifs is 1. The van der Waals surface area contributed by atoms with Gasteiger partial charge in [0.25, 0.3) is 5.91 Å². The van der Waals surface area contributed by atoms with E-state index in [1.165, 1.54) is 19.3 Å². The van der Waals surface area contributed by atoms with Crippen molar-refractivity contribution in [2.45, 2.75) is 37.6 Å². The average molecular weight is 431 g/mol. The van der Waals surface area contributed by atoms with E-state index in [2.05, 4.69) is 15.2 Å². The number of carbonyl (C=O) groups is 1. The first-order valence-corrected chi connectivity index (χ1v) is 11.7. The van der Waals surface area contributed by atoms with Crippen molar-refractivity contribution in [2.24, 2.45) is 0 Å². The van der Waals surface area contributed by atoms with E-state index in [1.54, 1.807) is 12.4 Å². The van der Waals surface area contributed by atoms with Crippen molar-refractivity contribution in [1.82, 2.24) is 20.2 Å². The van der Waals surface area contributed by atoms with Crippen LogP contribution >= 0.6 is 0 Å². The molecule has 1 N–H and O–H groups in total. The number of aromatic nitrogens is 2. The molecular formula is C26H30N4O2. The first-order valence-electron chi connectivity index (χ1n) is 11.7. The lowest BCUT2D eigenvalue weighted by Gasteiger charge is -2.48. The molecular weight excluding hydrogens is 400 g/mol. The Bertz CT molecular complexity index is 1070. The second-order valence-electron chi connectivity index (χ2n) is 8.88. The summed E-state index contributed by atoms with van der Waals surface area (Å²) in [5, 5.41) is 4.19. The zero-order valence-electron chi connectivity index (χ0n) is 18.4. The highest BCUT2D eigenvalue weighted by molar-refractivity contribution is 6.07. The summed E-state index contributed by atoms with van der Waals surface area (Å²) in [7, 11) is 0. The molecule has 1 saturated heterocycles. The third-order valence-corrected chi connectivity index (χ3v) is 6.96. The van der Waals surface area contributed by atoms with Crippen LogP contribution < -0.4 is 5.32 Å². The number of hydrogen-bond acceptors (Lipinski definition) is 5. The normalized spacial score (nSPS) is 19.0. The summed E-state index contributed by atoms with van der Waals surface area (Å²) in [6.45, 7) is 4.11. The van der Waals surface area contributed by atoms with E-state index in [1.807, 2.05) is 42.5 Å². The number of nitrogens with one attached hydrogen (secondary N) is 1. The van der Waals surface area contributed by atoms with Crippen molar-refractivity contribution >= 4 is 16.8 Å². The van der Waals surface area contributed by atoms with E-state index < -0.39 is 0 Å². The highest BCUT2D eigenvalue weighted by Gasteiger charge is 2.39. The first-order chi connectivity index (χ1) is 15.8. The number of benzene rings is 1. The van der Waals surface area contributed by atoms with Gasteiger partial charge in [-0.25, -0.2) is 4.98 Å². The van der Waals surface area contributed by atoms with Gasteiger partial charge in [0.05, 0.1) is 30.0 Å². The monoisotopic (exact) mass is 430 g/mol. The summed E-state index contributed by atoms with van der Waals surface area (Å²) in [6, 6.07) is 13.6. The maximum atomic E-state index is 13.5. The third-order valence-electron chi connectivity index (χ3n) is 6.96. The fraction of sp³-hybridized carbons (Fsp3) is 0.423. The SMILES string of the molecule is O=C(NCC1(N2CCOCC2)CCCCC1)c1cc(-c2cccnc2)nc2ccccc12. The van der Waals surface area contributed by atoms with Gasteiger partial charge in [-0.1, -0.05) is 37.5 Å². The lowest BCUT2D eigenvalue weighted by Crippen LogP contribution is -2.59. The van der Waals surface area contributed by atoms with E-state index in [4.69, 9.17) is 9.72 Å². The second-order valence-corrected chi connectivity index (χ2v) is 8.88. The molecule has 0 unspecified atom stereocenters. The predicted molar refractivity (Wildman–Crippen MR) is 126 cm³/mol. The van der Waals surface area contributed by atoms with E-state index in [0.29, 0.717) is 12.1 Å².